The highest BCUT2D eigenvalue weighted by molar-refractivity contribution is 4.85. The molecule has 0 saturated heterocycles. The lowest BCUT2D eigenvalue weighted by Crippen LogP contribution is -2.38. The second-order valence-electron chi connectivity index (χ2n) is 4.05. The summed E-state index contributed by atoms with van der Waals surface area (Å²) >= 11 is 0. The van der Waals surface area contributed by atoms with E-state index in [1.54, 1.807) is 0 Å². The van der Waals surface area contributed by atoms with Crippen LogP contribution in [-0.4, -0.2) is 31.1 Å². The van der Waals surface area contributed by atoms with Crippen LogP contribution in [0.15, 0.2) is 12.7 Å². The van der Waals surface area contributed by atoms with Crippen molar-refractivity contribution in [3.05, 3.63) is 12.7 Å². The highest BCUT2D eigenvalue weighted by Crippen LogP contribution is 2.28. The highest BCUT2D eigenvalue weighted by Gasteiger charge is 2.28. The second-order valence-corrected chi connectivity index (χ2v) is 4.05. The smallest absolute Gasteiger partial charge is 0.0133 e. The first-order valence-corrected chi connectivity index (χ1v) is 5.30. The molecule has 2 nitrogen and oxygen atoms in total. The first-order chi connectivity index (χ1) is 6.29. The average Bonchev–Trinajstić information content (AvgIpc) is 2.61. The van der Waals surface area contributed by atoms with E-state index < -0.39 is 0 Å². The molecule has 0 bridgehead atoms. The first-order valence-electron chi connectivity index (χ1n) is 5.30. The monoisotopic (exact) mass is 182 g/mol. The molecule has 0 aliphatic heterocycles. The number of nitrogens with two attached hydrogens (primary N) is 1. The van der Waals surface area contributed by atoms with Crippen molar-refractivity contribution in [1.82, 2.24) is 4.90 Å². The Labute approximate surface area is 81.8 Å². The number of hydrogen-bond acceptors (Lipinski definition) is 2. The molecule has 0 aromatic carbocycles. The summed E-state index contributed by atoms with van der Waals surface area (Å²) in [5.74, 6) is 0.731. The lowest BCUT2D eigenvalue weighted by atomic mass is 10.0. The summed E-state index contributed by atoms with van der Waals surface area (Å²) in [6, 6.07) is 0.727. The molecule has 1 rings (SSSR count). The summed E-state index contributed by atoms with van der Waals surface area (Å²) in [6.45, 7) is 5.73. The molecule has 2 unspecified atom stereocenters. The van der Waals surface area contributed by atoms with Crippen molar-refractivity contribution in [2.75, 3.05) is 20.1 Å². The predicted octanol–water partition coefficient (Wildman–Crippen LogP) is 1.62. The Balaban J connectivity index is 2.35. The van der Waals surface area contributed by atoms with Crippen LogP contribution in [0.2, 0.25) is 0 Å². The van der Waals surface area contributed by atoms with E-state index in [4.69, 9.17) is 5.73 Å². The van der Waals surface area contributed by atoms with Gasteiger partial charge in [0, 0.05) is 12.6 Å². The lowest BCUT2D eigenvalue weighted by molar-refractivity contribution is 0.204. The van der Waals surface area contributed by atoms with Crippen LogP contribution in [0.4, 0.5) is 0 Å². The van der Waals surface area contributed by atoms with Gasteiger partial charge in [-0.3, -0.25) is 0 Å². The molecule has 1 aliphatic rings. The average molecular weight is 182 g/mol. The van der Waals surface area contributed by atoms with E-state index in [0.29, 0.717) is 0 Å². The van der Waals surface area contributed by atoms with Crippen molar-refractivity contribution in [1.29, 1.82) is 0 Å². The van der Waals surface area contributed by atoms with Gasteiger partial charge in [0.05, 0.1) is 0 Å². The molecular weight excluding hydrogens is 160 g/mol. The van der Waals surface area contributed by atoms with Crippen molar-refractivity contribution in [2.24, 2.45) is 11.7 Å². The van der Waals surface area contributed by atoms with Crippen LogP contribution in [0.5, 0.6) is 0 Å². The normalized spacial score (nSPS) is 28.2. The zero-order valence-electron chi connectivity index (χ0n) is 8.71. The maximum atomic E-state index is 5.74. The van der Waals surface area contributed by atoms with E-state index in [0.717, 1.165) is 31.5 Å². The third-order valence-electron chi connectivity index (χ3n) is 3.17. The van der Waals surface area contributed by atoms with E-state index in [2.05, 4.69) is 18.5 Å². The highest BCUT2D eigenvalue weighted by atomic mass is 15.1. The van der Waals surface area contributed by atoms with Gasteiger partial charge in [-0.15, -0.1) is 6.58 Å². The fourth-order valence-electron chi connectivity index (χ4n) is 2.33. The van der Waals surface area contributed by atoms with Gasteiger partial charge in [0.1, 0.15) is 0 Å². The Morgan fingerprint density at radius 3 is 2.92 bits per heavy atom. The van der Waals surface area contributed by atoms with E-state index >= 15 is 0 Å². The van der Waals surface area contributed by atoms with Crippen LogP contribution in [-0.2, 0) is 0 Å². The Morgan fingerprint density at radius 2 is 2.31 bits per heavy atom. The number of hydrogen-bond donors (Lipinski definition) is 1. The van der Waals surface area contributed by atoms with Crippen LogP contribution < -0.4 is 5.73 Å². The summed E-state index contributed by atoms with van der Waals surface area (Å²) in [7, 11) is 2.21. The van der Waals surface area contributed by atoms with E-state index in [1.165, 1.54) is 19.3 Å². The molecule has 0 radical (unpaired) electrons. The van der Waals surface area contributed by atoms with E-state index in [9.17, 15) is 0 Å². The summed E-state index contributed by atoms with van der Waals surface area (Å²) in [5.41, 5.74) is 5.74. The number of nitrogens with zero attached hydrogens (tertiary/aromatic N) is 1. The van der Waals surface area contributed by atoms with Crippen molar-refractivity contribution in [3.63, 3.8) is 0 Å². The van der Waals surface area contributed by atoms with Crippen molar-refractivity contribution in [3.8, 4) is 0 Å². The SMILES string of the molecule is C=CCCN(C)C1CCCC1CN. The molecule has 0 heterocycles. The molecule has 1 saturated carbocycles. The standard InChI is InChI=1S/C11H22N2/c1-3-4-8-13(2)11-7-5-6-10(11)9-12/h3,10-11H,1,4-9,12H2,2H3. The third kappa shape index (κ3) is 2.82. The first kappa shape index (κ1) is 10.7. The van der Waals surface area contributed by atoms with Gasteiger partial charge in [-0.05, 0) is 38.8 Å². The minimum absolute atomic E-state index is 0.727. The van der Waals surface area contributed by atoms with Crippen LogP contribution in [0.1, 0.15) is 25.7 Å². The minimum Gasteiger partial charge on any atom is -0.330 e. The quantitative estimate of drug-likeness (QED) is 0.655. The van der Waals surface area contributed by atoms with Crippen LogP contribution in [0.3, 0.4) is 0 Å². The molecule has 1 fully saturated rings. The Bertz CT molecular complexity index is 156. The van der Waals surface area contributed by atoms with Gasteiger partial charge in [0.25, 0.3) is 0 Å². The van der Waals surface area contributed by atoms with Gasteiger partial charge < -0.3 is 10.6 Å². The Kier molecular flexibility index (Phi) is 4.46. The van der Waals surface area contributed by atoms with Crippen molar-refractivity contribution in [2.45, 2.75) is 31.7 Å². The fourth-order valence-corrected chi connectivity index (χ4v) is 2.33. The van der Waals surface area contributed by atoms with Gasteiger partial charge in [-0.2, -0.15) is 0 Å². The van der Waals surface area contributed by atoms with Gasteiger partial charge in [0.2, 0.25) is 0 Å². The Morgan fingerprint density at radius 1 is 1.54 bits per heavy atom. The summed E-state index contributed by atoms with van der Waals surface area (Å²) < 4.78 is 0. The van der Waals surface area contributed by atoms with Crippen molar-refractivity contribution < 1.29 is 0 Å². The molecule has 13 heavy (non-hydrogen) atoms. The largest absolute Gasteiger partial charge is 0.330 e. The van der Waals surface area contributed by atoms with Crippen molar-refractivity contribution >= 4 is 0 Å². The molecule has 0 aromatic heterocycles. The fraction of sp³-hybridized carbons (Fsp3) is 0.818. The third-order valence-corrected chi connectivity index (χ3v) is 3.17. The van der Waals surface area contributed by atoms with Crippen LogP contribution in [0.25, 0.3) is 0 Å². The maximum absolute atomic E-state index is 5.74. The summed E-state index contributed by atoms with van der Waals surface area (Å²) in [6.07, 6.45) is 7.08. The van der Waals surface area contributed by atoms with Gasteiger partial charge in [-0.1, -0.05) is 12.5 Å². The van der Waals surface area contributed by atoms with Gasteiger partial charge >= 0.3 is 0 Å². The Hall–Kier alpha value is -0.340. The maximum Gasteiger partial charge on any atom is 0.0133 e. The number of rotatable bonds is 5. The molecular formula is C11H22N2. The van der Waals surface area contributed by atoms with Gasteiger partial charge in [0.15, 0.2) is 0 Å². The predicted molar refractivity (Wildman–Crippen MR) is 57.6 cm³/mol. The molecule has 2 heteroatoms. The zero-order chi connectivity index (χ0) is 9.68. The minimum atomic E-state index is 0.727. The van der Waals surface area contributed by atoms with E-state index in [-0.39, 0.29) is 0 Å². The lowest BCUT2D eigenvalue weighted by Gasteiger charge is -2.28. The van der Waals surface area contributed by atoms with Gasteiger partial charge in [-0.25, -0.2) is 0 Å². The van der Waals surface area contributed by atoms with Crippen LogP contribution in [0, 0.1) is 5.92 Å². The molecule has 2 atom stereocenters. The molecule has 0 amide bonds. The second kappa shape index (κ2) is 5.40. The summed E-state index contributed by atoms with van der Waals surface area (Å²) in [4.78, 5) is 2.45. The molecule has 1 aliphatic carbocycles. The molecule has 76 valence electrons. The summed E-state index contributed by atoms with van der Waals surface area (Å²) in [5, 5.41) is 0. The topological polar surface area (TPSA) is 29.3 Å². The molecule has 2 N–H and O–H groups in total. The van der Waals surface area contributed by atoms with Crippen LogP contribution >= 0.6 is 0 Å². The van der Waals surface area contributed by atoms with E-state index in [1.807, 2.05) is 6.08 Å². The zero-order valence-corrected chi connectivity index (χ0v) is 8.71. The molecule has 0 aromatic rings. The molecule has 0 spiro atoms.